The van der Waals surface area contributed by atoms with E-state index >= 15 is 0 Å². The lowest BCUT2D eigenvalue weighted by Gasteiger charge is -2.16. The summed E-state index contributed by atoms with van der Waals surface area (Å²) in [6, 6.07) is 7.52. The summed E-state index contributed by atoms with van der Waals surface area (Å²) in [7, 11) is 0. The molecule has 0 aromatic heterocycles. The van der Waals surface area contributed by atoms with E-state index < -0.39 is 24.0 Å². The minimum Gasteiger partial charge on any atom is -0.480 e. The molecule has 1 aromatic carbocycles. The summed E-state index contributed by atoms with van der Waals surface area (Å²) in [6.07, 6.45) is 0.367. The maximum atomic E-state index is 11.7. The lowest BCUT2D eigenvalue weighted by atomic mass is 10.1. The van der Waals surface area contributed by atoms with E-state index in [9.17, 15) is 9.59 Å². The maximum absolute atomic E-state index is 11.7. The van der Waals surface area contributed by atoms with Gasteiger partial charge >= 0.3 is 5.97 Å². The van der Waals surface area contributed by atoms with Crippen molar-refractivity contribution in [3.8, 4) is 0 Å². The summed E-state index contributed by atoms with van der Waals surface area (Å²) in [5, 5.41) is 11.1. The van der Waals surface area contributed by atoms with Crippen LogP contribution in [0.4, 0.5) is 0 Å². The summed E-state index contributed by atoms with van der Waals surface area (Å²) in [6.45, 7) is 0. The second-order valence-corrected chi connectivity index (χ2v) is 4.24. The Balaban J connectivity index is 2.54. The minimum absolute atomic E-state index is 0.0269. The second-order valence-electron chi connectivity index (χ2n) is 3.88. The van der Waals surface area contributed by atoms with Crippen molar-refractivity contribution >= 4 is 24.5 Å². The number of carboxylic acids is 1. The van der Waals surface area contributed by atoms with Gasteiger partial charge in [-0.3, -0.25) is 4.79 Å². The first-order valence-corrected chi connectivity index (χ1v) is 6.11. The molecule has 0 saturated heterocycles. The highest BCUT2D eigenvalue weighted by atomic mass is 32.1. The summed E-state index contributed by atoms with van der Waals surface area (Å²) in [4.78, 5) is 22.4. The van der Waals surface area contributed by atoms with E-state index in [2.05, 4.69) is 17.9 Å². The van der Waals surface area contributed by atoms with Gasteiger partial charge in [0.1, 0.15) is 6.04 Å². The quantitative estimate of drug-likeness (QED) is 0.549. The van der Waals surface area contributed by atoms with Crippen LogP contribution in [0, 0.1) is 0 Å². The number of aliphatic carboxylic acids is 1. The van der Waals surface area contributed by atoms with E-state index in [4.69, 9.17) is 10.8 Å². The third-order valence-electron chi connectivity index (χ3n) is 2.43. The molecule has 0 aliphatic rings. The number of carboxylic acid groups (broad SMARTS) is 1. The Bertz CT molecular complexity index is 411. The van der Waals surface area contributed by atoms with Crippen LogP contribution >= 0.6 is 12.6 Å². The molecule has 98 valence electrons. The second kappa shape index (κ2) is 7.03. The lowest BCUT2D eigenvalue weighted by Crippen LogP contribution is -2.50. The normalized spacial score (nSPS) is 13.7. The van der Waals surface area contributed by atoms with Gasteiger partial charge in [-0.05, 0) is 12.0 Å². The number of hydrogen-bond donors (Lipinski definition) is 4. The Hall–Kier alpha value is -1.53. The number of nitrogens with one attached hydrogen (secondary N) is 1. The van der Waals surface area contributed by atoms with E-state index in [1.165, 1.54) is 0 Å². The molecule has 0 bridgehead atoms. The number of rotatable bonds is 6. The van der Waals surface area contributed by atoms with Gasteiger partial charge in [0.15, 0.2) is 0 Å². The van der Waals surface area contributed by atoms with Crippen LogP contribution in [-0.2, 0) is 16.0 Å². The number of carbonyl (C=O) groups is 2. The van der Waals surface area contributed by atoms with Crippen LogP contribution in [0.25, 0.3) is 0 Å². The Morgan fingerprint density at radius 1 is 1.33 bits per heavy atom. The SMILES string of the molecule is NC(Cc1ccccc1)C(=O)NC(CS)C(=O)O. The average molecular weight is 268 g/mol. The maximum Gasteiger partial charge on any atom is 0.327 e. The predicted molar refractivity (Wildman–Crippen MR) is 71.5 cm³/mol. The summed E-state index contributed by atoms with van der Waals surface area (Å²) < 4.78 is 0. The van der Waals surface area contributed by atoms with Crippen molar-refractivity contribution < 1.29 is 14.7 Å². The number of thiol groups is 1. The monoisotopic (exact) mass is 268 g/mol. The van der Waals surface area contributed by atoms with Crippen LogP contribution in [0.3, 0.4) is 0 Å². The summed E-state index contributed by atoms with van der Waals surface area (Å²) >= 11 is 3.86. The lowest BCUT2D eigenvalue weighted by molar-refractivity contribution is -0.141. The van der Waals surface area contributed by atoms with Gasteiger partial charge in [-0.15, -0.1) is 0 Å². The van der Waals surface area contributed by atoms with E-state index in [-0.39, 0.29) is 5.75 Å². The van der Waals surface area contributed by atoms with Crippen molar-refractivity contribution in [3.05, 3.63) is 35.9 Å². The van der Waals surface area contributed by atoms with Gasteiger partial charge in [0, 0.05) is 5.75 Å². The molecule has 4 N–H and O–H groups in total. The molecule has 6 heteroatoms. The largest absolute Gasteiger partial charge is 0.480 e. The van der Waals surface area contributed by atoms with E-state index in [1.54, 1.807) is 0 Å². The van der Waals surface area contributed by atoms with Gasteiger partial charge in [0.25, 0.3) is 0 Å². The average Bonchev–Trinajstić information content (AvgIpc) is 2.36. The Kier molecular flexibility index (Phi) is 5.67. The first kappa shape index (κ1) is 14.5. The van der Waals surface area contributed by atoms with Gasteiger partial charge in [-0.2, -0.15) is 12.6 Å². The molecule has 1 aromatic rings. The highest BCUT2D eigenvalue weighted by Crippen LogP contribution is 2.02. The fraction of sp³-hybridized carbons (Fsp3) is 0.333. The first-order valence-electron chi connectivity index (χ1n) is 5.48. The molecule has 0 saturated carbocycles. The van der Waals surface area contributed by atoms with Crippen molar-refractivity contribution in [1.82, 2.24) is 5.32 Å². The topological polar surface area (TPSA) is 92.4 Å². The Morgan fingerprint density at radius 2 is 1.94 bits per heavy atom. The molecule has 1 rings (SSSR count). The van der Waals surface area contributed by atoms with Crippen LogP contribution in [0.2, 0.25) is 0 Å². The molecule has 1 amide bonds. The highest BCUT2D eigenvalue weighted by Gasteiger charge is 2.21. The third-order valence-corrected chi connectivity index (χ3v) is 2.80. The molecular weight excluding hydrogens is 252 g/mol. The zero-order valence-electron chi connectivity index (χ0n) is 9.74. The molecule has 0 aliphatic heterocycles. The smallest absolute Gasteiger partial charge is 0.327 e. The standard InChI is InChI=1S/C12H16N2O3S/c13-9(6-8-4-2-1-3-5-8)11(15)14-10(7-18)12(16)17/h1-5,9-10,18H,6-7,13H2,(H,14,15)(H,16,17). The molecule has 0 radical (unpaired) electrons. The first-order chi connectivity index (χ1) is 8.54. The van der Waals surface area contributed by atoms with Crippen molar-refractivity contribution in [2.45, 2.75) is 18.5 Å². The molecular formula is C12H16N2O3S. The fourth-order valence-electron chi connectivity index (χ4n) is 1.42. The Morgan fingerprint density at radius 3 is 2.44 bits per heavy atom. The zero-order valence-corrected chi connectivity index (χ0v) is 10.6. The minimum atomic E-state index is -1.12. The molecule has 2 atom stereocenters. The summed E-state index contributed by atoms with van der Waals surface area (Å²) in [5.74, 6) is -1.58. The van der Waals surface area contributed by atoms with Gasteiger partial charge in [-0.1, -0.05) is 30.3 Å². The fourth-order valence-corrected chi connectivity index (χ4v) is 1.67. The summed E-state index contributed by atoms with van der Waals surface area (Å²) in [5.41, 5.74) is 6.65. The third kappa shape index (κ3) is 4.38. The number of hydrogen-bond acceptors (Lipinski definition) is 4. The van der Waals surface area contributed by atoms with Crippen molar-refractivity contribution in [2.75, 3.05) is 5.75 Å². The predicted octanol–water partition coefficient (Wildman–Crippen LogP) is 0.0556. The molecule has 5 nitrogen and oxygen atoms in total. The Labute approximate surface area is 111 Å². The van der Waals surface area contributed by atoms with Crippen LogP contribution in [0.1, 0.15) is 5.56 Å². The van der Waals surface area contributed by atoms with Crippen molar-refractivity contribution in [1.29, 1.82) is 0 Å². The van der Waals surface area contributed by atoms with Crippen LogP contribution in [0.5, 0.6) is 0 Å². The van der Waals surface area contributed by atoms with E-state index in [0.29, 0.717) is 6.42 Å². The number of benzene rings is 1. The van der Waals surface area contributed by atoms with Crippen LogP contribution in [0.15, 0.2) is 30.3 Å². The molecule has 0 spiro atoms. The number of nitrogens with two attached hydrogens (primary N) is 1. The molecule has 18 heavy (non-hydrogen) atoms. The molecule has 0 heterocycles. The molecule has 0 aliphatic carbocycles. The van der Waals surface area contributed by atoms with Crippen LogP contribution < -0.4 is 11.1 Å². The van der Waals surface area contributed by atoms with E-state index in [1.807, 2.05) is 30.3 Å². The van der Waals surface area contributed by atoms with Crippen molar-refractivity contribution in [3.63, 3.8) is 0 Å². The molecule has 2 unspecified atom stereocenters. The van der Waals surface area contributed by atoms with E-state index in [0.717, 1.165) is 5.56 Å². The number of amides is 1. The van der Waals surface area contributed by atoms with Crippen LogP contribution in [-0.4, -0.2) is 34.8 Å². The van der Waals surface area contributed by atoms with Gasteiger partial charge in [-0.25, -0.2) is 4.79 Å². The molecule has 0 fully saturated rings. The van der Waals surface area contributed by atoms with Gasteiger partial charge < -0.3 is 16.2 Å². The van der Waals surface area contributed by atoms with Gasteiger partial charge in [0.05, 0.1) is 6.04 Å². The highest BCUT2D eigenvalue weighted by molar-refractivity contribution is 7.80. The van der Waals surface area contributed by atoms with Gasteiger partial charge in [0.2, 0.25) is 5.91 Å². The zero-order chi connectivity index (χ0) is 13.5. The number of carbonyl (C=O) groups excluding carboxylic acids is 1. The van der Waals surface area contributed by atoms with Crippen molar-refractivity contribution in [2.24, 2.45) is 5.73 Å².